The molecule has 0 aromatic heterocycles. The third-order valence-corrected chi connectivity index (χ3v) is 3.55. The van der Waals surface area contributed by atoms with E-state index >= 15 is 0 Å². The van der Waals surface area contributed by atoms with Crippen LogP contribution < -0.4 is 16.0 Å². The Morgan fingerprint density at radius 1 is 1.24 bits per heavy atom. The number of imide groups is 1. The first-order chi connectivity index (χ1) is 10.1. The van der Waals surface area contributed by atoms with Gasteiger partial charge in [-0.05, 0) is 18.9 Å². The van der Waals surface area contributed by atoms with Crippen molar-refractivity contribution in [2.45, 2.75) is 32.4 Å². The van der Waals surface area contributed by atoms with E-state index in [0.29, 0.717) is 13.0 Å². The van der Waals surface area contributed by atoms with Crippen LogP contribution in [-0.2, 0) is 16.1 Å². The second-order valence-corrected chi connectivity index (χ2v) is 5.16. The summed E-state index contributed by atoms with van der Waals surface area (Å²) in [5.41, 5.74) is 1.03. The monoisotopic (exact) mass is 289 g/mol. The average Bonchev–Trinajstić information content (AvgIpc) is 2.45. The van der Waals surface area contributed by atoms with Crippen LogP contribution in [0.4, 0.5) is 4.79 Å². The van der Waals surface area contributed by atoms with Crippen molar-refractivity contribution < 1.29 is 14.4 Å². The number of urea groups is 1. The molecule has 0 radical (unpaired) electrons. The van der Waals surface area contributed by atoms with Crippen LogP contribution in [0, 0.1) is 5.92 Å². The summed E-state index contributed by atoms with van der Waals surface area (Å²) in [7, 11) is 0. The van der Waals surface area contributed by atoms with E-state index in [1.807, 2.05) is 30.3 Å². The molecule has 3 N–H and O–H groups in total. The molecule has 0 spiro atoms. The first-order valence-corrected chi connectivity index (χ1v) is 6.98. The lowest BCUT2D eigenvalue weighted by Gasteiger charge is -2.28. The molecule has 2 unspecified atom stereocenters. The fraction of sp³-hybridized carbons (Fsp3) is 0.400. The molecule has 1 aromatic rings. The second-order valence-electron chi connectivity index (χ2n) is 5.16. The molecular weight excluding hydrogens is 270 g/mol. The number of hydrogen-bond donors (Lipinski definition) is 3. The van der Waals surface area contributed by atoms with Crippen molar-refractivity contribution in [3.63, 3.8) is 0 Å². The highest BCUT2D eigenvalue weighted by Crippen LogP contribution is 2.15. The molecule has 6 heteroatoms. The van der Waals surface area contributed by atoms with Crippen molar-refractivity contribution in [2.75, 3.05) is 0 Å². The number of rotatable bonds is 5. The third-order valence-electron chi connectivity index (χ3n) is 3.55. The van der Waals surface area contributed by atoms with Gasteiger partial charge >= 0.3 is 6.03 Å². The zero-order valence-corrected chi connectivity index (χ0v) is 11.9. The van der Waals surface area contributed by atoms with Crippen LogP contribution in [0.3, 0.4) is 0 Å². The molecule has 1 fully saturated rings. The average molecular weight is 289 g/mol. The molecule has 1 aliphatic rings. The summed E-state index contributed by atoms with van der Waals surface area (Å²) in [4.78, 5) is 34.6. The Bertz CT molecular complexity index is 530. The van der Waals surface area contributed by atoms with Crippen molar-refractivity contribution >= 4 is 17.8 Å². The van der Waals surface area contributed by atoms with E-state index in [-0.39, 0.29) is 30.2 Å². The fourth-order valence-corrected chi connectivity index (χ4v) is 2.33. The predicted octanol–water partition coefficient (Wildman–Crippen LogP) is 0.927. The van der Waals surface area contributed by atoms with Gasteiger partial charge in [-0.25, -0.2) is 4.79 Å². The molecule has 1 heterocycles. The summed E-state index contributed by atoms with van der Waals surface area (Å²) in [6.07, 6.45) is 0.666. The highest BCUT2D eigenvalue weighted by atomic mass is 16.2. The van der Waals surface area contributed by atoms with E-state index in [0.717, 1.165) is 5.56 Å². The van der Waals surface area contributed by atoms with Crippen LogP contribution in [0.25, 0.3) is 0 Å². The number of carbonyl (C=O) groups excluding carboxylic acids is 3. The van der Waals surface area contributed by atoms with E-state index in [2.05, 4.69) is 16.0 Å². The zero-order valence-electron chi connectivity index (χ0n) is 11.9. The van der Waals surface area contributed by atoms with Gasteiger partial charge in [0.25, 0.3) is 0 Å². The number of amides is 4. The lowest BCUT2D eigenvalue weighted by atomic mass is 9.93. The van der Waals surface area contributed by atoms with Gasteiger partial charge in [-0.3, -0.25) is 14.9 Å². The maximum atomic E-state index is 11.8. The molecule has 1 aromatic carbocycles. The van der Waals surface area contributed by atoms with Crippen LogP contribution in [-0.4, -0.2) is 23.9 Å². The maximum Gasteiger partial charge on any atom is 0.321 e. The topological polar surface area (TPSA) is 87.3 Å². The normalized spacial score (nSPS) is 21.4. The second kappa shape index (κ2) is 6.88. The molecule has 112 valence electrons. The van der Waals surface area contributed by atoms with Crippen molar-refractivity contribution in [3.05, 3.63) is 35.9 Å². The Kier molecular flexibility index (Phi) is 4.92. The highest BCUT2D eigenvalue weighted by molar-refractivity contribution is 5.98. The van der Waals surface area contributed by atoms with Gasteiger partial charge in [0.1, 0.15) is 0 Å². The minimum atomic E-state index is -0.475. The molecule has 21 heavy (non-hydrogen) atoms. The standard InChI is InChI=1S/C15H19N3O3/c1-10-12(14(20)18-15(21)17-10)7-8-13(19)16-9-11-5-3-2-4-6-11/h2-6,10,12H,7-9H2,1H3,(H,16,19)(H2,17,18,20,21). The molecule has 0 aliphatic carbocycles. The van der Waals surface area contributed by atoms with Crippen LogP contribution in [0.5, 0.6) is 0 Å². The van der Waals surface area contributed by atoms with Crippen LogP contribution in [0.1, 0.15) is 25.3 Å². The SMILES string of the molecule is CC1NC(=O)NC(=O)C1CCC(=O)NCc1ccccc1. The van der Waals surface area contributed by atoms with Gasteiger partial charge in [-0.15, -0.1) is 0 Å². The fourth-order valence-electron chi connectivity index (χ4n) is 2.33. The summed E-state index contributed by atoms with van der Waals surface area (Å²) in [5, 5.41) is 7.68. The van der Waals surface area contributed by atoms with Crippen molar-refractivity contribution in [1.29, 1.82) is 0 Å². The van der Waals surface area contributed by atoms with Gasteiger partial charge in [0.05, 0.1) is 5.92 Å². The molecule has 0 saturated carbocycles. The van der Waals surface area contributed by atoms with Crippen LogP contribution >= 0.6 is 0 Å². The van der Waals surface area contributed by atoms with Crippen molar-refractivity contribution in [1.82, 2.24) is 16.0 Å². The van der Waals surface area contributed by atoms with Crippen molar-refractivity contribution in [3.8, 4) is 0 Å². The van der Waals surface area contributed by atoms with Gasteiger partial charge in [0.15, 0.2) is 0 Å². The largest absolute Gasteiger partial charge is 0.352 e. The molecule has 2 rings (SSSR count). The molecule has 1 aliphatic heterocycles. The Morgan fingerprint density at radius 3 is 2.62 bits per heavy atom. The number of nitrogens with one attached hydrogen (secondary N) is 3. The van der Waals surface area contributed by atoms with E-state index < -0.39 is 6.03 Å². The maximum absolute atomic E-state index is 11.8. The first-order valence-electron chi connectivity index (χ1n) is 6.98. The van der Waals surface area contributed by atoms with Gasteiger partial charge in [-0.1, -0.05) is 30.3 Å². The van der Waals surface area contributed by atoms with Crippen LogP contribution in [0.15, 0.2) is 30.3 Å². The Hall–Kier alpha value is -2.37. The molecule has 4 amide bonds. The van der Waals surface area contributed by atoms with Gasteiger partial charge < -0.3 is 10.6 Å². The summed E-state index contributed by atoms with van der Waals surface area (Å²) in [5.74, 6) is -0.789. The predicted molar refractivity (Wildman–Crippen MR) is 77.1 cm³/mol. The van der Waals surface area contributed by atoms with Crippen molar-refractivity contribution in [2.24, 2.45) is 5.92 Å². The van der Waals surface area contributed by atoms with E-state index in [4.69, 9.17) is 0 Å². The summed E-state index contributed by atoms with van der Waals surface area (Å²) < 4.78 is 0. The van der Waals surface area contributed by atoms with Crippen LogP contribution in [0.2, 0.25) is 0 Å². The third kappa shape index (κ3) is 4.30. The Labute approximate surface area is 123 Å². The van der Waals surface area contributed by atoms with Gasteiger partial charge in [-0.2, -0.15) is 0 Å². The van der Waals surface area contributed by atoms with Gasteiger partial charge in [0, 0.05) is 19.0 Å². The minimum Gasteiger partial charge on any atom is -0.352 e. The molecule has 0 bridgehead atoms. The summed E-state index contributed by atoms with van der Waals surface area (Å²) in [6.45, 7) is 2.24. The van der Waals surface area contributed by atoms with E-state index in [1.165, 1.54) is 0 Å². The highest BCUT2D eigenvalue weighted by Gasteiger charge is 2.32. The lowest BCUT2D eigenvalue weighted by Crippen LogP contribution is -2.57. The quantitative estimate of drug-likeness (QED) is 0.753. The Morgan fingerprint density at radius 2 is 1.95 bits per heavy atom. The Balaban J connectivity index is 1.76. The number of benzene rings is 1. The lowest BCUT2D eigenvalue weighted by molar-refractivity contribution is -0.126. The zero-order chi connectivity index (χ0) is 15.2. The number of hydrogen-bond acceptors (Lipinski definition) is 3. The first kappa shape index (κ1) is 15.0. The van der Waals surface area contributed by atoms with Gasteiger partial charge in [0.2, 0.25) is 11.8 Å². The summed E-state index contributed by atoms with van der Waals surface area (Å²) in [6, 6.07) is 8.89. The summed E-state index contributed by atoms with van der Waals surface area (Å²) >= 11 is 0. The minimum absolute atomic E-state index is 0.101. The molecule has 1 saturated heterocycles. The number of carbonyl (C=O) groups is 3. The van der Waals surface area contributed by atoms with E-state index in [9.17, 15) is 14.4 Å². The molecule has 2 atom stereocenters. The van der Waals surface area contributed by atoms with E-state index in [1.54, 1.807) is 6.92 Å². The molecule has 6 nitrogen and oxygen atoms in total. The molecular formula is C15H19N3O3. The smallest absolute Gasteiger partial charge is 0.321 e.